The first-order valence-corrected chi connectivity index (χ1v) is 10.1. The summed E-state index contributed by atoms with van der Waals surface area (Å²) in [5, 5.41) is 12.0. The van der Waals surface area contributed by atoms with E-state index in [-0.39, 0.29) is 23.8 Å². The van der Waals surface area contributed by atoms with Gasteiger partial charge in [0.2, 0.25) is 11.8 Å². The fourth-order valence-electron chi connectivity index (χ4n) is 2.73. The first-order chi connectivity index (χ1) is 13.9. The van der Waals surface area contributed by atoms with E-state index in [1.54, 1.807) is 24.3 Å². The molecule has 9 heteroatoms. The second-order valence-corrected chi connectivity index (χ2v) is 7.80. The molecule has 1 atom stereocenters. The molecule has 2 N–H and O–H groups in total. The normalized spacial score (nSPS) is 18.0. The van der Waals surface area contributed by atoms with Crippen LogP contribution < -0.4 is 5.32 Å². The molecular weight excluding hydrogens is 414 g/mol. The highest BCUT2D eigenvalue weighted by molar-refractivity contribution is 8.15. The maximum atomic E-state index is 12.7. The van der Waals surface area contributed by atoms with E-state index in [9.17, 15) is 14.4 Å². The van der Waals surface area contributed by atoms with E-state index in [1.807, 2.05) is 6.92 Å². The molecule has 0 aliphatic carbocycles. The zero-order valence-electron chi connectivity index (χ0n) is 15.5. The molecule has 150 valence electrons. The first kappa shape index (κ1) is 20.9. The fourth-order valence-corrected chi connectivity index (χ4v) is 4.07. The quantitative estimate of drug-likeness (QED) is 0.744. The van der Waals surface area contributed by atoms with Crippen molar-refractivity contribution in [1.29, 1.82) is 0 Å². The number of amidine groups is 1. The van der Waals surface area contributed by atoms with E-state index in [2.05, 4.69) is 10.3 Å². The lowest BCUT2D eigenvalue weighted by Crippen LogP contribution is -2.45. The molecule has 29 heavy (non-hydrogen) atoms. The number of carbonyl (C=O) groups excluding carboxylic acids is 2. The minimum atomic E-state index is -1.04. The second-order valence-electron chi connectivity index (χ2n) is 6.19. The van der Waals surface area contributed by atoms with Crippen LogP contribution in [0.25, 0.3) is 0 Å². The summed E-state index contributed by atoms with van der Waals surface area (Å²) in [4.78, 5) is 42.2. The lowest BCUT2D eigenvalue weighted by Gasteiger charge is -2.30. The molecule has 7 nitrogen and oxygen atoms in total. The number of benzene rings is 2. The van der Waals surface area contributed by atoms with Gasteiger partial charge < -0.3 is 10.4 Å². The van der Waals surface area contributed by atoms with Gasteiger partial charge in [0.05, 0.1) is 11.3 Å². The number of halogens is 1. The molecule has 0 bridgehead atoms. The third kappa shape index (κ3) is 5.16. The highest BCUT2D eigenvalue weighted by Gasteiger charge is 2.35. The summed E-state index contributed by atoms with van der Waals surface area (Å²) < 4.78 is 0. The van der Waals surface area contributed by atoms with Gasteiger partial charge in [-0.15, -0.1) is 0 Å². The molecule has 1 heterocycles. The minimum absolute atomic E-state index is 0.0477. The lowest BCUT2D eigenvalue weighted by atomic mass is 10.2. The van der Waals surface area contributed by atoms with E-state index < -0.39 is 11.2 Å². The number of amides is 2. The molecule has 0 aromatic heterocycles. The largest absolute Gasteiger partial charge is 0.478 e. The van der Waals surface area contributed by atoms with Crippen molar-refractivity contribution in [3.05, 3.63) is 59.1 Å². The summed E-state index contributed by atoms with van der Waals surface area (Å²) in [7, 11) is 0. The van der Waals surface area contributed by atoms with Gasteiger partial charge in [-0.1, -0.05) is 29.4 Å². The summed E-state index contributed by atoms with van der Waals surface area (Å²) in [5.74, 6) is -1.58. The summed E-state index contributed by atoms with van der Waals surface area (Å²) in [5.41, 5.74) is 1.18. The van der Waals surface area contributed by atoms with Gasteiger partial charge in [-0.05, 0) is 49.4 Å². The number of carboxylic acid groups (broad SMARTS) is 1. The molecule has 0 radical (unpaired) electrons. The zero-order valence-corrected chi connectivity index (χ0v) is 17.0. The molecule has 0 saturated carbocycles. The minimum Gasteiger partial charge on any atom is -0.478 e. The SMILES string of the molecule is CCN1C(=O)CC(C(=O)Nc2ccc(C(=O)O)cc2)SC1=Nc1cccc(Cl)c1. The number of rotatable bonds is 5. The maximum absolute atomic E-state index is 12.7. The topological polar surface area (TPSA) is 99.1 Å². The summed E-state index contributed by atoms with van der Waals surface area (Å²) in [6.45, 7) is 2.28. The predicted molar refractivity (Wildman–Crippen MR) is 114 cm³/mol. The zero-order chi connectivity index (χ0) is 21.0. The first-order valence-electron chi connectivity index (χ1n) is 8.83. The number of carboxylic acids is 1. The number of nitrogens with zero attached hydrogens (tertiary/aromatic N) is 2. The maximum Gasteiger partial charge on any atom is 0.335 e. The van der Waals surface area contributed by atoms with Crippen LogP contribution in [0.4, 0.5) is 11.4 Å². The molecule has 2 amide bonds. The number of thioether (sulfide) groups is 1. The van der Waals surface area contributed by atoms with Crippen molar-refractivity contribution < 1.29 is 19.5 Å². The Morgan fingerprint density at radius 2 is 2.00 bits per heavy atom. The van der Waals surface area contributed by atoms with Gasteiger partial charge in [0, 0.05) is 23.7 Å². The monoisotopic (exact) mass is 431 g/mol. The highest BCUT2D eigenvalue weighted by atomic mass is 35.5. The molecule has 2 aromatic carbocycles. The standard InChI is InChI=1S/C20H18ClN3O4S/c1-2-24-17(25)11-16(29-20(24)23-15-5-3-4-13(21)10-15)18(26)22-14-8-6-12(7-9-14)19(27)28/h3-10,16H,2,11H2,1H3,(H,22,26)(H,27,28). The number of hydrogen-bond donors (Lipinski definition) is 2. The third-order valence-electron chi connectivity index (χ3n) is 4.18. The molecule has 0 spiro atoms. The summed E-state index contributed by atoms with van der Waals surface area (Å²) in [6, 6.07) is 12.8. The second kappa shape index (κ2) is 9.11. The number of hydrogen-bond acceptors (Lipinski definition) is 5. The van der Waals surface area contributed by atoms with Crippen molar-refractivity contribution in [2.45, 2.75) is 18.6 Å². The number of aliphatic imine (C=N–C) groups is 1. The van der Waals surface area contributed by atoms with Gasteiger partial charge in [-0.2, -0.15) is 0 Å². The predicted octanol–water partition coefficient (Wildman–Crippen LogP) is 4.02. The summed E-state index contributed by atoms with van der Waals surface area (Å²) >= 11 is 7.21. The number of aromatic carboxylic acids is 1. The number of nitrogens with one attached hydrogen (secondary N) is 1. The Balaban J connectivity index is 1.78. The van der Waals surface area contributed by atoms with Gasteiger partial charge in [-0.3, -0.25) is 14.5 Å². The van der Waals surface area contributed by atoms with Crippen molar-refractivity contribution in [2.24, 2.45) is 4.99 Å². The fraction of sp³-hybridized carbons (Fsp3) is 0.200. The Hall–Kier alpha value is -2.84. The van der Waals surface area contributed by atoms with E-state index in [0.29, 0.717) is 28.1 Å². The lowest BCUT2D eigenvalue weighted by molar-refractivity contribution is -0.129. The Morgan fingerprint density at radius 3 is 2.62 bits per heavy atom. The Kier molecular flexibility index (Phi) is 6.56. The van der Waals surface area contributed by atoms with Gasteiger partial charge in [0.1, 0.15) is 5.25 Å². The van der Waals surface area contributed by atoms with Gasteiger partial charge in [0.15, 0.2) is 5.17 Å². The molecule has 1 aliphatic rings. The average molecular weight is 432 g/mol. The third-order valence-corrected chi connectivity index (χ3v) is 5.60. The van der Waals surface area contributed by atoms with Crippen LogP contribution in [0.3, 0.4) is 0 Å². The van der Waals surface area contributed by atoms with E-state index in [1.165, 1.54) is 40.9 Å². The van der Waals surface area contributed by atoms with Gasteiger partial charge >= 0.3 is 5.97 Å². The van der Waals surface area contributed by atoms with Gasteiger partial charge in [-0.25, -0.2) is 9.79 Å². The Labute approximate surface area is 176 Å². The van der Waals surface area contributed by atoms with E-state index >= 15 is 0 Å². The number of anilines is 1. The smallest absolute Gasteiger partial charge is 0.335 e. The molecular formula is C20H18ClN3O4S. The average Bonchev–Trinajstić information content (AvgIpc) is 2.68. The van der Waals surface area contributed by atoms with Gasteiger partial charge in [0.25, 0.3) is 0 Å². The van der Waals surface area contributed by atoms with Crippen molar-refractivity contribution in [3.8, 4) is 0 Å². The Morgan fingerprint density at radius 1 is 1.28 bits per heavy atom. The van der Waals surface area contributed by atoms with Crippen LogP contribution in [0.15, 0.2) is 53.5 Å². The van der Waals surface area contributed by atoms with Crippen LogP contribution in [-0.4, -0.2) is 44.8 Å². The van der Waals surface area contributed by atoms with Crippen LogP contribution in [-0.2, 0) is 9.59 Å². The summed E-state index contributed by atoms with van der Waals surface area (Å²) in [6.07, 6.45) is 0.0477. The van der Waals surface area contributed by atoms with Crippen molar-refractivity contribution in [3.63, 3.8) is 0 Å². The highest BCUT2D eigenvalue weighted by Crippen LogP contribution is 2.30. The van der Waals surface area contributed by atoms with Crippen LogP contribution in [0, 0.1) is 0 Å². The van der Waals surface area contributed by atoms with Crippen LogP contribution >= 0.6 is 23.4 Å². The molecule has 3 rings (SSSR count). The van der Waals surface area contributed by atoms with Crippen molar-refractivity contribution in [1.82, 2.24) is 4.90 Å². The van der Waals surface area contributed by atoms with Crippen molar-refractivity contribution >= 4 is 57.7 Å². The Bertz CT molecular complexity index is 978. The van der Waals surface area contributed by atoms with E-state index in [0.717, 1.165) is 0 Å². The van der Waals surface area contributed by atoms with Crippen LogP contribution in [0.5, 0.6) is 0 Å². The van der Waals surface area contributed by atoms with E-state index in [4.69, 9.17) is 16.7 Å². The number of carbonyl (C=O) groups is 3. The molecule has 1 unspecified atom stereocenters. The molecule has 1 saturated heterocycles. The van der Waals surface area contributed by atoms with Crippen LogP contribution in [0.1, 0.15) is 23.7 Å². The molecule has 2 aromatic rings. The molecule has 1 fully saturated rings. The van der Waals surface area contributed by atoms with Crippen LogP contribution in [0.2, 0.25) is 5.02 Å². The van der Waals surface area contributed by atoms with Crippen molar-refractivity contribution in [2.75, 3.05) is 11.9 Å². The molecule has 1 aliphatic heterocycles.